The van der Waals surface area contributed by atoms with E-state index in [1.165, 1.54) is 22.9 Å². The lowest BCUT2D eigenvalue weighted by molar-refractivity contribution is 0.0185. The second-order valence-electron chi connectivity index (χ2n) is 11.0. The molecule has 2 heterocycles. The van der Waals surface area contributed by atoms with E-state index in [1.807, 2.05) is 0 Å². The van der Waals surface area contributed by atoms with Crippen LogP contribution in [0.25, 0.3) is 0 Å². The van der Waals surface area contributed by atoms with E-state index in [4.69, 9.17) is 0 Å². The van der Waals surface area contributed by atoms with Gasteiger partial charge in [0.25, 0.3) is 17.4 Å². The smallest absolute Gasteiger partial charge is 0.271 e. The second kappa shape index (κ2) is 9.36. The van der Waals surface area contributed by atoms with Crippen molar-refractivity contribution in [2.45, 2.75) is 43.7 Å². The van der Waals surface area contributed by atoms with E-state index in [9.17, 15) is 22.8 Å². The van der Waals surface area contributed by atoms with Gasteiger partial charge in [0.1, 0.15) is 5.41 Å². The van der Waals surface area contributed by atoms with Gasteiger partial charge in [0.2, 0.25) is 0 Å². The highest BCUT2D eigenvalue weighted by molar-refractivity contribution is 7.27. The van der Waals surface area contributed by atoms with Crippen molar-refractivity contribution < 1.29 is 18.0 Å². The molecular formula is C26H33F3N4O2P2. The molecule has 3 fully saturated rings. The van der Waals surface area contributed by atoms with Crippen LogP contribution in [0.1, 0.15) is 53.8 Å². The predicted molar refractivity (Wildman–Crippen MR) is 146 cm³/mol. The zero-order valence-electron chi connectivity index (χ0n) is 21.1. The molecule has 200 valence electrons. The minimum absolute atomic E-state index is 0.124. The van der Waals surface area contributed by atoms with E-state index < -0.39 is 29.3 Å². The van der Waals surface area contributed by atoms with Crippen LogP contribution in [0.15, 0.2) is 35.3 Å². The Kier molecular flexibility index (Phi) is 6.74. The van der Waals surface area contributed by atoms with Crippen molar-refractivity contribution in [1.82, 2.24) is 14.8 Å². The van der Waals surface area contributed by atoms with Crippen molar-refractivity contribution >= 4 is 35.4 Å². The Morgan fingerprint density at radius 1 is 1.30 bits per heavy atom. The lowest BCUT2D eigenvalue weighted by Crippen LogP contribution is -2.33. The van der Waals surface area contributed by atoms with E-state index in [0.717, 1.165) is 20.0 Å². The molecule has 1 aromatic carbocycles. The number of aromatic nitrogens is 1. The van der Waals surface area contributed by atoms with Crippen molar-refractivity contribution in [3.8, 4) is 0 Å². The molecule has 3 aliphatic rings. The van der Waals surface area contributed by atoms with Gasteiger partial charge >= 0.3 is 0 Å². The van der Waals surface area contributed by atoms with Crippen molar-refractivity contribution in [3.05, 3.63) is 57.5 Å². The molecule has 5 rings (SSSR count). The number of nitrogens with one attached hydrogen (secondary N) is 2. The van der Waals surface area contributed by atoms with Crippen LogP contribution in [0.5, 0.6) is 0 Å². The average molecular weight is 553 g/mol. The highest BCUT2D eigenvalue weighted by atomic mass is 31.0. The zero-order valence-corrected chi connectivity index (χ0v) is 23.4. The largest absolute Gasteiger partial charge is 0.384 e. The molecule has 1 aromatic heterocycles. The summed E-state index contributed by atoms with van der Waals surface area (Å²) in [5.74, 6) is -1.77. The Morgan fingerprint density at radius 2 is 1.95 bits per heavy atom. The van der Waals surface area contributed by atoms with Crippen molar-refractivity contribution in [2.24, 2.45) is 17.8 Å². The Balaban J connectivity index is 1.39. The molecule has 1 saturated heterocycles. The first kappa shape index (κ1) is 26.6. The first-order chi connectivity index (χ1) is 17.3. The Labute approximate surface area is 219 Å². The number of anilines is 1. The van der Waals surface area contributed by atoms with Gasteiger partial charge in [-0.25, -0.2) is 13.2 Å². The first-order valence-electron chi connectivity index (χ1n) is 12.5. The highest BCUT2D eigenvalue weighted by Gasteiger charge is 2.55. The van der Waals surface area contributed by atoms with E-state index in [1.54, 1.807) is 19.1 Å². The number of benzene rings is 1. The molecule has 6 nitrogen and oxygen atoms in total. The summed E-state index contributed by atoms with van der Waals surface area (Å²) >= 11 is 0. The van der Waals surface area contributed by atoms with E-state index in [0.29, 0.717) is 40.9 Å². The fraction of sp³-hybridized carbons (Fsp3) is 0.538. The summed E-state index contributed by atoms with van der Waals surface area (Å²) in [4.78, 5) is 28.6. The normalized spacial score (nSPS) is 29.5. The quantitative estimate of drug-likeness (QED) is 0.491. The molecule has 0 spiro atoms. The zero-order chi connectivity index (χ0) is 26.9. The Morgan fingerprint density at radius 3 is 2.54 bits per heavy atom. The van der Waals surface area contributed by atoms with Gasteiger partial charge in [-0.05, 0) is 42.6 Å². The maximum Gasteiger partial charge on any atom is 0.271 e. The molecule has 37 heavy (non-hydrogen) atoms. The van der Waals surface area contributed by atoms with Gasteiger partial charge in [-0.1, -0.05) is 27.4 Å². The number of likely N-dealkylation sites (tertiary alicyclic amines) is 1. The highest BCUT2D eigenvalue weighted by Crippen LogP contribution is 2.56. The van der Waals surface area contributed by atoms with Gasteiger partial charge in [-0.15, -0.1) is 9.24 Å². The van der Waals surface area contributed by atoms with Gasteiger partial charge < -0.3 is 20.1 Å². The molecule has 11 heteroatoms. The number of pyridine rings is 1. The first-order valence-corrected chi connectivity index (χ1v) is 13.7. The topological polar surface area (TPSA) is 66.4 Å². The monoisotopic (exact) mass is 552 g/mol. The van der Waals surface area contributed by atoms with Gasteiger partial charge in [-0.2, -0.15) is 0 Å². The number of fused-ring (bicyclic) bond motifs is 1. The fourth-order valence-electron chi connectivity index (χ4n) is 5.77. The molecule has 1 aliphatic heterocycles. The second-order valence-corrected chi connectivity index (χ2v) is 12.5. The minimum atomic E-state index is -3.03. The summed E-state index contributed by atoms with van der Waals surface area (Å²) < 4.78 is 43.8. The molecule has 0 radical (unpaired) electrons. The Bertz CT molecular complexity index is 1280. The number of hydrogen-bond acceptors (Lipinski definition) is 4. The number of alkyl halides is 3. The summed E-state index contributed by atoms with van der Waals surface area (Å²) in [6, 6.07) is 4.73. The third kappa shape index (κ3) is 5.20. The lowest BCUT2D eigenvalue weighted by atomic mass is 10.0. The van der Waals surface area contributed by atoms with Crippen LogP contribution in [0, 0.1) is 17.8 Å². The van der Waals surface area contributed by atoms with E-state index >= 15 is 0 Å². The lowest BCUT2D eigenvalue weighted by Gasteiger charge is -2.22. The van der Waals surface area contributed by atoms with Crippen LogP contribution < -0.4 is 21.5 Å². The molecule has 2 N–H and O–H groups in total. The van der Waals surface area contributed by atoms with Crippen molar-refractivity contribution in [1.29, 1.82) is 0 Å². The van der Waals surface area contributed by atoms with E-state index in [-0.39, 0.29) is 23.1 Å². The number of rotatable bonds is 8. The Hall–Kier alpha value is -1.95. The molecule has 1 amide bonds. The molecule has 5 unspecified atom stereocenters. The molecule has 0 bridgehead atoms. The fourth-order valence-corrected chi connectivity index (χ4v) is 6.85. The van der Waals surface area contributed by atoms with Crippen molar-refractivity contribution in [3.63, 3.8) is 0 Å². The number of nitrogens with zero attached hydrogens (tertiary/aromatic N) is 2. The van der Waals surface area contributed by atoms with Gasteiger partial charge in [0.05, 0.1) is 23.3 Å². The van der Waals surface area contributed by atoms with Crippen LogP contribution in [0.4, 0.5) is 18.9 Å². The standard InChI is InChI=1S/C26H33F3N4O2P2/c1-13(14-5-4-6-19(23(14)36)25(2,27)28)31-24(35)18-12-33(21-8-26(21,29)37)22(34)7-20(18)30-9-15-16-10-32(3)11-17(15)16/h4-7,12-13,15-17,21,30H,8-11,36-37H2,1-3H3,(H,31,35)/t13-,15?,16?,17?,21+,26?/m1/s1. The van der Waals surface area contributed by atoms with Gasteiger partial charge in [0, 0.05) is 50.8 Å². The number of carbonyl (C=O) groups is 1. The van der Waals surface area contributed by atoms with Crippen LogP contribution in [-0.2, 0) is 5.92 Å². The number of piperidine rings is 1. The third-order valence-electron chi connectivity index (χ3n) is 8.07. The van der Waals surface area contributed by atoms with Crippen molar-refractivity contribution in [2.75, 3.05) is 32.0 Å². The number of amides is 1. The summed E-state index contributed by atoms with van der Waals surface area (Å²) in [7, 11) is 6.59. The molecule has 2 aromatic rings. The summed E-state index contributed by atoms with van der Waals surface area (Å²) in [6.45, 7) is 5.30. The molecule has 7 atom stereocenters. The number of hydrogen-bond donors (Lipinski definition) is 2. The number of halogens is 3. The summed E-state index contributed by atoms with van der Waals surface area (Å²) in [5, 5.41) is 4.96. The maximum atomic E-state index is 14.4. The molecule has 2 saturated carbocycles. The maximum absolute atomic E-state index is 14.4. The summed E-state index contributed by atoms with van der Waals surface area (Å²) in [6.07, 6.45) is 1.59. The predicted octanol–water partition coefficient (Wildman–Crippen LogP) is 3.66. The summed E-state index contributed by atoms with van der Waals surface area (Å²) in [5.41, 5.74) is 0.675. The van der Waals surface area contributed by atoms with Crippen LogP contribution in [0.3, 0.4) is 0 Å². The number of carbonyl (C=O) groups excluding carboxylic acids is 1. The van der Waals surface area contributed by atoms with Crippen LogP contribution >= 0.6 is 18.5 Å². The average Bonchev–Trinajstić information content (AvgIpc) is 3.58. The molecular weight excluding hydrogens is 519 g/mol. The molecule has 2 aliphatic carbocycles. The SMILES string of the molecule is C[C@@H](NC(=O)c1cn([C@H]2CC2(F)P)c(=O)cc1NCC1C2CN(C)CC12)c1cccc(C(C)(F)F)c1P. The van der Waals surface area contributed by atoms with E-state index in [2.05, 4.69) is 41.1 Å². The third-order valence-corrected chi connectivity index (χ3v) is 9.33. The minimum Gasteiger partial charge on any atom is -0.384 e. The van der Waals surface area contributed by atoms with Crippen LogP contribution in [-0.4, -0.2) is 47.5 Å². The van der Waals surface area contributed by atoms with Crippen LogP contribution in [0.2, 0.25) is 0 Å². The van der Waals surface area contributed by atoms with Gasteiger partial charge in [0.15, 0.2) is 0 Å². The van der Waals surface area contributed by atoms with Gasteiger partial charge in [-0.3, -0.25) is 9.59 Å².